The number of benzene rings is 1. The van der Waals surface area contributed by atoms with Gasteiger partial charge < -0.3 is 15.4 Å². The number of nitrogens with one attached hydrogen (secondary N) is 3. The molecule has 25 heavy (non-hydrogen) atoms. The summed E-state index contributed by atoms with van der Waals surface area (Å²) in [7, 11) is -2.75. The van der Waals surface area contributed by atoms with Crippen LogP contribution < -0.4 is 20.1 Å². The molecule has 0 fully saturated rings. The number of ether oxygens (including phenoxy) is 1. The van der Waals surface area contributed by atoms with Crippen molar-refractivity contribution in [2.75, 3.05) is 12.4 Å². The lowest BCUT2D eigenvalue weighted by Crippen LogP contribution is -2.42. The Morgan fingerprint density at radius 1 is 1.20 bits per heavy atom. The molecule has 0 aliphatic carbocycles. The second kappa shape index (κ2) is 7.84. The largest absolute Gasteiger partial charge is 0.495 e. The molecule has 0 radical (unpaired) electrons. The molecule has 0 unspecified atom stereocenters. The van der Waals surface area contributed by atoms with Gasteiger partial charge in [0.1, 0.15) is 16.5 Å². The van der Waals surface area contributed by atoms with Crippen LogP contribution in [0.3, 0.4) is 0 Å². The van der Waals surface area contributed by atoms with Gasteiger partial charge in [0.05, 0.1) is 7.11 Å². The van der Waals surface area contributed by atoms with E-state index in [1.165, 1.54) is 19.2 Å². The molecule has 0 spiro atoms. The molecule has 8 nitrogen and oxygen atoms in total. The van der Waals surface area contributed by atoms with Crippen LogP contribution in [0.15, 0.2) is 47.5 Å². The molecule has 134 valence electrons. The van der Waals surface area contributed by atoms with Gasteiger partial charge >= 0.3 is 6.03 Å². The van der Waals surface area contributed by atoms with E-state index < -0.39 is 16.1 Å². The molecule has 0 saturated heterocycles. The quantitative estimate of drug-likeness (QED) is 0.725. The molecule has 0 atom stereocenters. The van der Waals surface area contributed by atoms with Crippen molar-refractivity contribution in [2.45, 2.75) is 24.8 Å². The molecule has 0 aliphatic rings. The van der Waals surface area contributed by atoms with Crippen LogP contribution in [-0.2, 0) is 10.0 Å². The second-order valence-corrected chi connectivity index (χ2v) is 7.09. The highest BCUT2D eigenvalue weighted by Crippen LogP contribution is 2.28. The second-order valence-electron chi connectivity index (χ2n) is 5.44. The summed E-state index contributed by atoms with van der Waals surface area (Å²) in [5.74, 6) is 0.679. The number of carbonyl (C=O) groups excluding carboxylic acids is 1. The number of rotatable bonds is 6. The Hall–Kier alpha value is -2.81. The Morgan fingerprint density at radius 2 is 1.96 bits per heavy atom. The number of hydrogen-bond acceptors (Lipinski definition) is 6. The van der Waals surface area contributed by atoms with E-state index in [-0.39, 0.29) is 16.7 Å². The summed E-state index contributed by atoms with van der Waals surface area (Å²) in [6.07, 6.45) is 1.61. The minimum atomic E-state index is -4.11. The van der Waals surface area contributed by atoms with Gasteiger partial charge in [0, 0.05) is 17.9 Å². The summed E-state index contributed by atoms with van der Waals surface area (Å²) in [4.78, 5) is 15.7. The van der Waals surface area contributed by atoms with Crippen molar-refractivity contribution in [3.05, 3.63) is 42.6 Å². The van der Waals surface area contributed by atoms with Crippen LogP contribution in [0.2, 0.25) is 0 Å². The van der Waals surface area contributed by atoms with Crippen molar-refractivity contribution in [2.24, 2.45) is 0 Å². The first kappa shape index (κ1) is 18.5. The summed E-state index contributed by atoms with van der Waals surface area (Å²) in [5.41, 5.74) is 0.490. The van der Waals surface area contributed by atoms with Crippen LogP contribution in [0.4, 0.5) is 16.3 Å². The summed E-state index contributed by atoms with van der Waals surface area (Å²) < 4.78 is 32.1. The van der Waals surface area contributed by atoms with Gasteiger partial charge in [-0.25, -0.2) is 22.9 Å². The molecule has 3 N–H and O–H groups in total. The van der Waals surface area contributed by atoms with Crippen molar-refractivity contribution in [1.29, 1.82) is 0 Å². The fraction of sp³-hybridized carbons (Fsp3) is 0.250. The zero-order chi connectivity index (χ0) is 18.4. The van der Waals surface area contributed by atoms with Gasteiger partial charge in [0.15, 0.2) is 0 Å². The topological polar surface area (TPSA) is 109 Å². The summed E-state index contributed by atoms with van der Waals surface area (Å²) in [6.45, 7) is 3.45. The molecule has 0 bridgehead atoms. The SMILES string of the molecule is COc1ccc(Nc2ccccn2)cc1S(=O)(=O)NC(=O)NC(C)C. The van der Waals surface area contributed by atoms with E-state index in [1.54, 1.807) is 44.3 Å². The molecule has 1 aromatic heterocycles. The van der Waals surface area contributed by atoms with Crippen LogP contribution in [0, 0.1) is 0 Å². The third-order valence-corrected chi connectivity index (χ3v) is 4.39. The Balaban J connectivity index is 2.31. The first-order chi connectivity index (χ1) is 11.8. The molecule has 0 aliphatic heterocycles. The lowest BCUT2D eigenvalue weighted by atomic mass is 10.3. The van der Waals surface area contributed by atoms with Gasteiger partial charge in [0.2, 0.25) is 0 Å². The van der Waals surface area contributed by atoms with Gasteiger partial charge in [-0.2, -0.15) is 0 Å². The van der Waals surface area contributed by atoms with Gasteiger partial charge in [-0.3, -0.25) is 0 Å². The van der Waals surface area contributed by atoms with Gasteiger partial charge in [-0.05, 0) is 44.2 Å². The molecular formula is C16H20N4O4S. The zero-order valence-corrected chi connectivity index (χ0v) is 14.9. The number of amides is 2. The van der Waals surface area contributed by atoms with Crippen LogP contribution in [0.1, 0.15) is 13.8 Å². The van der Waals surface area contributed by atoms with Crippen molar-refractivity contribution in [1.82, 2.24) is 15.0 Å². The number of urea groups is 1. The summed E-state index contributed by atoms with van der Waals surface area (Å²) in [5, 5.41) is 5.46. The van der Waals surface area contributed by atoms with E-state index in [4.69, 9.17) is 4.74 Å². The van der Waals surface area contributed by atoms with E-state index in [1.807, 2.05) is 4.72 Å². The van der Waals surface area contributed by atoms with Crippen molar-refractivity contribution >= 4 is 27.6 Å². The molecule has 2 aromatic rings. The van der Waals surface area contributed by atoms with E-state index >= 15 is 0 Å². The van der Waals surface area contributed by atoms with Crippen LogP contribution in [0.25, 0.3) is 0 Å². The Morgan fingerprint density at radius 3 is 2.56 bits per heavy atom. The third kappa shape index (κ3) is 5.08. The maximum Gasteiger partial charge on any atom is 0.328 e. The lowest BCUT2D eigenvalue weighted by Gasteiger charge is -2.14. The van der Waals surface area contributed by atoms with E-state index in [0.29, 0.717) is 11.5 Å². The van der Waals surface area contributed by atoms with Crippen LogP contribution in [-0.4, -0.2) is 32.6 Å². The van der Waals surface area contributed by atoms with E-state index in [9.17, 15) is 13.2 Å². The van der Waals surface area contributed by atoms with Crippen molar-refractivity contribution < 1.29 is 17.9 Å². The minimum absolute atomic E-state index is 0.122. The maximum atomic E-state index is 12.5. The number of nitrogens with zero attached hydrogens (tertiary/aromatic N) is 1. The summed E-state index contributed by atoms with van der Waals surface area (Å²) in [6, 6.07) is 8.83. The Bertz CT molecular complexity index is 838. The Kier molecular flexibility index (Phi) is 5.81. The number of hydrogen-bond donors (Lipinski definition) is 3. The first-order valence-electron chi connectivity index (χ1n) is 7.51. The monoisotopic (exact) mass is 364 g/mol. The number of pyridine rings is 1. The average Bonchev–Trinajstić information content (AvgIpc) is 2.54. The lowest BCUT2D eigenvalue weighted by molar-refractivity contribution is 0.243. The predicted octanol–water partition coefficient (Wildman–Crippen LogP) is 2.23. The van der Waals surface area contributed by atoms with Gasteiger partial charge in [-0.15, -0.1) is 0 Å². The van der Waals surface area contributed by atoms with E-state index in [0.717, 1.165) is 0 Å². The van der Waals surface area contributed by atoms with E-state index in [2.05, 4.69) is 15.6 Å². The standard InChI is InChI=1S/C16H20N4O4S/c1-11(2)18-16(21)20-25(22,23)14-10-12(7-8-13(14)24-3)19-15-6-4-5-9-17-15/h4-11H,1-3H3,(H,17,19)(H2,18,20,21). The molecule has 1 aromatic carbocycles. The fourth-order valence-electron chi connectivity index (χ4n) is 2.02. The van der Waals surface area contributed by atoms with Crippen molar-refractivity contribution in [3.8, 4) is 5.75 Å². The number of anilines is 2. The van der Waals surface area contributed by atoms with Crippen molar-refractivity contribution in [3.63, 3.8) is 0 Å². The molecule has 0 saturated carbocycles. The molecule has 9 heteroatoms. The molecule has 2 rings (SSSR count). The number of carbonyl (C=O) groups is 1. The highest BCUT2D eigenvalue weighted by atomic mass is 32.2. The smallest absolute Gasteiger partial charge is 0.328 e. The molecule has 1 heterocycles. The fourth-order valence-corrected chi connectivity index (χ4v) is 3.13. The van der Waals surface area contributed by atoms with Crippen LogP contribution in [0.5, 0.6) is 5.75 Å². The minimum Gasteiger partial charge on any atom is -0.495 e. The molecular weight excluding hydrogens is 344 g/mol. The summed E-state index contributed by atoms with van der Waals surface area (Å²) >= 11 is 0. The van der Waals surface area contributed by atoms with Gasteiger partial charge in [0.25, 0.3) is 10.0 Å². The first-order valence-corrected chi connectivity index (χ1v) is 8.99. The number of methoxy groups -OCH3 is 1. The number of sulfonamides is 1. The number of aromatic nitrogens is 1. The third-order valence-electron chi connectivity index (χ3n) is 3.04. The highest BCUT2D eigenvalue weighted by molar-refractivity contribution is 7.90. The Labute approximate surface area is 146 Å². The molecule has 2 amide bonds. The maximum absolute atomic E-state index is 12.5. The van der Waals surface area contributed by atoms with Gasteiger partial charge in [-0.1, -0.05) is 6.07 Å². The highest BCUT2D eigenvalue weighted by Gasteiger charge is 2.23. The average molecular weight is 364 g/mol. The zero-order valence-electron chi connectivity index (χ0n) is 14.1. The predicted molar refractivity (Wildman–Crippen MR) is 94.5 cm³/mol. The normalized spacial score (nSPS) is 11.0. The van der Waals surface area contributed by atoms with Crippen LogP contribution >= 0.6 is 0 Å².